The van der Waals surface area contributed by atoms with E-state index in [1.807, 2.05) is 6.08 Å². The number of carbonyl (C=O) groups is 3. The molecule has 1 amide bonds. The van der Waals surface area contributed by atoms with Gasteiger partial charge in [0.05, 0.1) is 6.61 Å². The Balaban J connectivity index is 3.40. The number of rotatable bonds is 19. The molecule has 1 N–H and O–H groups in total. The maximum absolute atomic E-state index is 11.6. The molecule has 0 aliphatic heterocycles. The third-order valence-electron chi connectivity index (χ3n) is 4.67. The third-order valence-corrected chi connectivity index (χ3v) is 4.67. The van der Waals surface area contributed by atoms with Gasteiger partial charge in [-0.1, -0.05) is 64.0 Å². The molecular formula is C24H41NO5. The topological polar surface area (TPSA) is 81.7 Å². The average molecular weight is 424 g/mol. The quantitative estimate of drug-likeness (QED) is 0.0905. The van der Waals surface area contributed by atoms with Crippen molar-refractivity contribution in [1.82, 2.24) is 5.32 Å². The zero-order valence-corrected chi connectivity index (χ0v) is 18.8. The number of hydrogen-bond acceptors (Lipinski definition) is 5. The van der Waals surface area contributed by atoms with Crippen LogP contribution in [0, 0.1) is 0 Å². The summed E-state index contributed by atoms with van der Waals surface area (Å²) in [6.07, 6.45) is 14.9. The van der Waals surface area contributed by atoms with Gasteiger partial charge in [-0.15, -0.1) is 6.58 Å². The maximum Gasteiger partial charge on any atom is 0.414 e. The first-order valence-electron chi connectivity index (χ1n) is 11.4. The van der Waals surface area contributed by atoms with Crippen LogP contribution in [0.5, 0.6) is 0 Å². The number of alkyl carbamates (subject to hydrolysis) is 1. The van der Waals surface area contributed by atoms with Crippen molar-refractivity contribution in [2.75, 3.05) is 13.2 Å². The van der Waals surface area contributed by atoms with Crippen LogP contribution in [0.4, 0.5) is 4.79 Å². The Hall–Kier alpha value is -2.11. The van der Waals surface area contributed by atoms with E-state index in [0.717, 1.165) is 64.2 Å². The molecule has 0 fully saturated rings. The van der Waals surface area contributed by atoms with Crippen LogP contribution in [-0.4, -0.2) is 31.2 Å². The molecule has 0 bridgehead atoms. The van der Waals surface area contributed by atoms with Gasteiger partial charge in [-0.05, 0) is 39.0 Å². The molecule has 0 heterocycles. The fourth-order valence-corrected chi connectivity index (χ4v) is 2.87. The molecule has 0 aliphatic carbocycles. The van der Waals surface area contributed by atoms with Crippen LogP contribution in [-0.2, 0) is 19.1 Å². The lowest BCUT2D eigenvalue weighted by Crippen LogP contribution is -2.27. The number of esters is 2. The van der Waals surface area contributed by atoms with Gasteiger partial charge in [-0.25, -0.2) is 9.59 Å². The highest BCUT2D eigenvalue weighted by atomic mass is 16.6. The maximum atomic E-state index is 11.6. The van der Waals surface area contributed by atoms with Crippen molar-refractivity contribution in [2.24, 2.45) is 0 Å². The fraction of sp³-hybridized carbons (Fsp3) is 0.708. The number of unbranched alkanes of at least 4 members (excludes halogenated alkanes) is 11. The highest BCUT2D eigenvalue weighted by Crippen LogP contribution is 2.09. The van der Waals surface area contributed by atoms with E-state index in [-0.39, 0.29) is 5.97 Å². The van der Waals surface area contributed by atoms with Crippen LogP contribution < -0.4 is 5.32 Å². The van der Waals surface area contributed by atoms with E-state index >= 15 is 0 Å². The molecule has 0 atom stereocenters. The Bertz CT molecular complexity index is 516. The summed E-state index contributed by atoms with van der Waals surface area (Å²) in [6.45, 7) is 9.82. The smallest absolute Gasteiger partial charge is 0.414 e. The Morgan fingerprint density at radius 2 is 1.40 bits per heavy atom. The molecule has 0 unspecified atom stereocenters. The van der Waals surface area contributed by atoms with Gasteiger partial charge >= 0.3 is 18.0 Å². The standard InChI is InChI=1S/C24H41NO5/c1-4-5-6-7-8-9-12-15-18-22(26)30-24(28)25-19-16-13-10-11-14-17-20-29-23(27)21(2)3/h4H,1-2,5-20H2,3H3,(H,25,28). The van der Waals surface area contributed by atoms with E-state index < -0.39 is 12.1 Å². The summed E-state index contributed by atoms with van der Waals surface area (Å²) < 4.78 is 9.80. The van der Waals surface area contributed by atoms with Gasteiger partial charge in [-0.3, -0.25) is 4.79 Å². The molecule has 0 aliphatic rings. The Kier molecular flexibility index (Phi) is 18.8. The van der Waals surface area contributed by atoms with E-state index in [4.69, 9.17) is 9.47 Å². The number of ether oxygens (including phenoxy) is 2. The molecule has 0 saturated carbocycles. The van der Waals surface area contributed by atoms with E-state index in [1.54, 1.807) is 6.92 Å². The van der Waals surface area contributed by atoms with Crippen molar-refractivity contribution in [1.29, 1.82) is 0 Å². The van der Waals surface area contributed by atoms with Gasteiger partial charge in [0.15, 0.2) is 0 Å². The lowest BCUT2D eigenvalue weighted by molar-refractivity contribution is -0.139. The molecule has 0 spiro atoms. The number of amides is 1. The predicted octanol–water partition coefficient (Wildman–Crippen LogP) is 6.01. The predicted molar refractivity (Wildman–Crippen MR) is 120 cm³/mol. The second kappa shape index (κ2) is 20.2. The largest absolute Gasteiger partial charge is 0.462 e. The second-order valence-electron chi connectivity index (χ2n) is 7.67. The summed E-state index contributed by atoms with van der Waals surface area (Å²) in [5.74, 6) is -0.784. The summed E-state index contributed by atoms with van der Waals surface area (Å²) in [4.78, 5) is 34.4. The van der Waals surface area contributed by atoms with Gasteiger partial charge in [0.1, 0.15) is 0 Å². The Labute approximate surface area is 182 Å². The fourth-order valence-electron chi connectivity index (χ4n) is 2.87. The first kappa shape index (κ1) is 27.9. The summed E-state index contributed by atoms with van der Waals surface area (Å²) in [6, 6.07) is 0. The normalized spacial score (nSPS) is 10.3. The number of allylic oxidation sites excluding steroid dienone is 1. The SMILES string of the molecule is C=CCCCCCCCCC(=O)OC(=O)NCCCCCCCCOC(=O)C(=C)C. The highest BCUT2D eigenvalue weighted by molar-refractivity contribution is 5.86. The minimum absolute atomic E-state index is 0.293. The molecule has 0 rings (SSSR count). The van der Waals surface area contributed by atoms with Gasteiger partial charge in [0.2, 0.25) is 0 Å². The Morgan fingerprint density at radius 3 is 2.03 bits per heavy atom. The first-order valence-corrected chi connectivity index (χ1v) is 11.4. The molecule has 0 radical (unpaired) electrons. The summed E-state index contributed by atoms with van der Waals surface area (Å²) >= 11 is 0. The van der Waals surface area contributed by atoms with E-state index in [9.17, 15) is 14.4 Å². The van der Waals surface area contributed by atoms with Crippen LogP contribution in [0.15, 0.2) is 24.8 Å². The molecule has 30 heavy (non-hydrogen) atoms. The molecule has 6 heteroatoms. The van der Waals surface area contributed by atoms with Crippen LogP contribution in [0.25, 0.3) is 0 Å². The number of nitrogens with one attached hydrogen (secondary N) is 1. The first-order chi connectivity index (χ1) is 14.5. The zero-order valence-electron chi connectivity index (χ0n) is 18.8. The highest BCUT2D eigenvalue weighted by Gasteiger charge is 2.09. The van der Waals surface area contributed by atoms with E-state index in [2.05, 4.69) is 18.5 Å². The van der Waals surface area contributed by atoms with Crippen LogP contribution in [0.3, 0.4) is 0 Å². The lowest BCUT2D eigenvalue weighted by Gasteiger charge is -2.06. The summed E-state index contributed by atoms with van der Waals surface area (Å²) in [7, 11) is 0. The Morgan fingerprint density at radius 1 is 0.833 bits per heavy atom. The van der Waals surface area contributed by atoms with Crippen molar-refractivity contribution in [2.45, 2.75) is 96.8 Å². The molecule has 0 saturated heterocycles. The van der Waals surface area contributed by atoms with Crippen molar-refractivity contribution >= 4 is 18.0 Å². The second-order valence-corrected chi connectivity index (χ2v) is 7.67. The van der Waals surface area contributed by atoms with Crippen LogP contribution in [0.1, 0.15) is 96.8 Å². The van der Waals surface area contributed by atoms with Gasteiger partial charge in [0, 0.05) is 18.5 Å². The lowest BCUT2D eigenvalue weighted by atomic mass is 10.1. The monoisotopic (exact) mass is 423 g/mol. The molecule has 0 aromatic heterocycles. The van der Waals surface area contributed by atoms with Crippen LogP contribution in [0.2, 0.25) is 0 Å². The van der Waals surface area contributed by atoms with Crippen molar-refractivity contribution in [3.63, 3.8) is 0 Å². The summed E-state index contributed by atoms with van der Waals surface area (Å²) in [5, 5.41) is 2.62. The number of carbonyl (C=O) groups excluding carboxylic acids is 3. The van der Waals surface area contributed by atoms with Crippen molar-refractivity contribution in [3.8, 4) is 0 Å². The van der Waals surface area contributed by atoms with Gasteiger partial charge < -0.3 is 14.8 Å². The van der Waals surface area contributed by atoms with E-state index in [0.29, 0.717) is 25.1 Å². The molecular weight excluding hydrogens is 382 g/mol. The van der Waals surface area contributed by atoms with Crippen LogP contribution >= 0.6 is 0 Å². The average Bonchev–Trinajstić information content (AvgIpc) is 2.71. The minimum atomic E-state index is -0.649. The third kappa shape index (κ3) is 19.2. The van der Waals surface area contributed by atoms with Crippen molar-refractivity contribution < 1.29 is 23.9 Å². The van der Waals surface area contributed by atoms with Gasteiger partial charge in [0.25, 0.3) is 0 Å². The van der Waals surface area contributed by atoms with Gasteiger partial charge in [-0.2, -0.15) is 0 Å². The molecule has 0 aromatic carbocycles. The zero-order chi connectivity index (χ0) is 22.5. The van der Waals surface area contributed by atoms with E-state index in [1.165, 1.54) is 19.3 Å². The molecule has 172 valence electrons. The number of hydrogen-bond donors (Lipinski definition) is 1. The molecule has 6 nitrogen and oxygen atoms in total. The van der Waals surface area contributed by atoms with Crippen molar-refractivity contribution in [3.05, 3.63) is 24.8 Å². The molecule has 0 aromatic rings. The summed E-state index contributed by atoms with van der Waals surface area (Å²) in [5.41, 5.74) is 0.424. The minimum Gasteiger partial charge on any atom is -0.462 e.